The number of benzene rings is 1. The number of hydrogen-bond acceptors (Lipinski definition) is 4. The molecule has 0 heterocycles. The van der Waals surface area contributed by atoms with Crippen LogP contribution >= 0.6 is 0 Å². The molecule has 0 unspecified atom stereocenters. The van der Waals surface area contributed by atoms with Gasteiger partial charge in [-0.25, -0.2) is 4.79 Å². The zero-order chi connectivity index (χ0) is 14.5. The first-order valence-electron chi connectivity index (χ1n) is 6.01. The van der Waals surface area contributed by atoms with E-state index in [9.17, 15) is 14.7 Å². The molecule has 0 aliphatic carbocycles. The van der Waals surface area contributed by atoms with Gasteiger partial charge in [-0.3, -0.25) is 4.79 Å². The molecule has 0 saturated carbocycles. The molecule has 0 aliphatic heterocycles. The number of amides is 1. The summed E-state index contributed by atoms with van der Waals surface area (Å²) in [6.07, 6.45) is -0.890. The number of ether oxygens (including phenoxy) is 1. The maximum absolute atomic E-state index is 11.9. The normalized spacial score (nSPS) is 15.2. The lowest BCUT2D eigenvalue weighted by Crippen LogP contribution is -2.56. The highest BCUT2D eigenvalue weighted by atomic mass is 16.5. The molecule has 1 rings (SSSR count). The molecule has 0 saturated heterocycles. The molecular formula is C14H19NO4. The molecule has 1 amide bonds. The lowest BCUT2D eigenvalue weighted by molar-refractivity contribution is -0.151. The lowest BCUT2D eigenvalue weighted by atomic mass is 9.92. The van der Waals surface area contributed by atoms with Crippen molar-refractivity contribution in [1.29, 1.82) is 0 Å². The largest absolute Gasteiger partial charge is 0.467 e. The summed E-state index contributed by atoms with van der Waals surface area (Å²) >= 11 is 0. The predicted octanol–water partition coefficient (Wildman–Crippen LogP) is 0.658. The van der Waals surface area contributed by atoms with E-state index >= 15 is 0 Å². The number of carbonyl (C=O) groups is 2. The fourth-order valence-electron chi connectivity index (χ4n) is 1.77. The fraction of sp³-hybridized carbons (Fsp3) is 0.429. The van der Waals surface area contributed by atoms with Gasteiger partial charge < -0.3 is 15.2 Å². The summed E-state index contributed by atoms with van der Waals surface area (Å²) in [6, 6.07) is 9.28. The summed E-state index contributed by atoms with van der Waals surface area (Å²) in [5.41, 5.74) is -0.314. The van der Waals surface area contributed by atoms with Gasteiger partial charge in [-0.2, -0.15) is 0 Å². The molecule has 0 bridgehead atoms. The number of aliphatic hydroxyl groups is 1. The molecule has 0 radical (unpaired) electrons. The molecule has 0 fully saturated rings. The van der Waals surface area contributed by atoms with Crippen molar-refractivity contribution < 1.29 is 19.4 Å². The minimum absolute atomic E-state index is 0.291. The highest BCUT2D eigenvalue weighted by Gasteiger charge is 2.37. The summed E-state index contributed by atoms with van der Waals surface area (Å²) in [6.45, 7) is 2.92. The predicted molar refractivity (Wildman–Crippen MR) is 70.4 cm³/mol. The standard InChI is InChI=1S/C14H19NO4/c1-10(16)12(17)15-14(2,13(18)19-3)9-11-7-5-4-6-8-11/h4-8,10,16H,9H2,1-3H3,(H,15,17)/t10-,14-/m0/s1. The van der Waals surface area contributed by atoms with Crippen LogP contribution in [0.4, 0.5) is 0 Å². The van der Waals surface area contributed by atoms with Gasteiger partial charge in [-0.15, -0.1) is 0 Å². The Kier molecular flexibility index (Phi) is 5.06. The van der Waals surface area contributed by atoms with E-state index in [1.807, 2.05) is 30.3 Å². The van der Waals surface area contributed by atoms with Crippen LogP contribution in [0.2, 0.25) is 0 Å². The fourth-order valence-corrected chi connectivity index (χ4v) is 1.77. The van der Waals surface area contributed by atoms with E-state index in [4.69, 9.17) is 4.74 Å². The Balaban J connectivity index is 2.93. The van der Waals surface area contributed by atoms with Crippen LogP contribution < -0.4 is 5.32 Å². The second-order valence-corrected chi connectivity index (χ2v) is 4.65. The maximum Gasteiger partial charge on any atom is 0.331 e. The molecule has 5 nitrogen and oxygen atoms in total. The van der Waals surface area contributed by atoms with E-state index in [0.29, 0.717) is 6.42 Å². The maximum atomic E-state index is 11.9. The molecule has 1 aromatic rings. The zero-order valence-corrected chi connectivity index (χ0v) is 11.3. The van der Waals surface area contributed by atoms with Crippen molar-refractivity contribution in [2.24, 2.45) is 0 Å². The number of nitrogens with one attached hydrogen (secondary N) is 1. The molecule has 19 heavy (non-hydrogen) atoms. The first-order valence-corrected chi connectivity index (χ1v) is 6.01. The second kappa shape index (κ2) is 6.33. The highest BCUT2D eigenvalue weighted by Crippen LogP contribution is 2.15. The topological polar surface area (TPSA) is 75.6 Å². The molecule has 0 aromatic heterocycles. The molecule has 0 spiro atoms. The first-order chi connectivity index (χ1) is 8.89. The Hall–Kier alpha value is -1.88. The average Bonchev–Trinajstić information content (AvgIpc) is 2.38. The van der Waals surface area contributed by atoms with Crippen molar-refractivity contribution in [3.8, 4) is 0 Å². The molecule has 5 heteroatoms. The van der Waals surface area contributed by atoms with E-state index < -0.39 is 23.5 Å². The number of aliphatic hydroxyl groups excluding tert-OH is 1. The smallest absolute Gasteiger partial charge is 0.331 e. The van der Waals surface area contributed by atoms with Gasteiger partial charge in [0.15, 0.2) is 0 Å². The third-order valence-corrected chi connectivity index (χ3v) is 2.81. The van der Waals surface area contributed by atoms with Crippen LogP contribution in [-0.4, -0.2) is 35.7 Å². The molecule has 2 atom stereocenters. The van der Waals surface area contributed by atoms with Gasteiger partial charge in [0, 0.05) is 6.42 Å². The molecule has 2 N–H and O–H groups in total. The summed E-state index contributed by atoms with van der Waals surface area (Å²) < 4.78 is 4.73. The van der Waals surface area contributed by atoms with Gasteiger partial charge in [0.1, 0.15) is 11.6 Å². The minimum atomic E-state index is -1.20. The third kappa shape index (κ3) is 4.06. The Morgan fingerprint density at radius 3 is 2.42 bits per heavy atom. The van der Waals surface area contributed by atoms with Crippen molar-refractivity contribution >= 4 is 11.9 Å². The molecular weight excluding hydrogens is 246 g/mol. The zero-order valence-electron chi connectivity index (χ0n) is 11.3. The minimum Gasteiger partial charge on any atom is -0.467 e. The van der Waals surface area contributed by atoms with E-state index in [1.165, 1.54) is 14.0 Å². The van der Waals surface area contributed by atoms with E-state index in [0.717, 1.165) is 5.56 Å². The Labute approximate surface area is 112 Å². The SMILES string of the molecule is COC(=O)[C@](C)(Cc1ccccc1)NC(=O)[C@H](C)O. The highest BCUT2D eigenvalue weighted by molar-refractivity contribution is 5.89. The average molecular weight is 265 g/mol. The van der Waals surface area contributed by atoms with E-state index in [2.05, 4.69) is 5.32 Å². The molecule has 1 aromatic carbocycles. The van der Waals surface area contributed by atoms with Gasteiger partial charge in [-0.05, 0) is 19.4 Å². The molecule has 0 aliphatic rings. The number of rotatable bonds is 5. The van der Waals surface area contributed by atoms with Crippen LogP contribution in [-0.2, 0) is 20.7 Å². The van der Waals surface area contributed by atoms with Crippen LogP contribution in [0.25, 0.3) is 0 Å². The monoisotopic (exact) mass is 265 g/mol. The summed E-state index contributed by atoms with van der Waals surface area (Å²) in [5.74, 6) is -1.16. The van der Waals surface area contributed by atoms with Crippen LogP contribution in [0, 0.1) is 0 Å². The van der Waals surface area contributed by atoms with E-state index in [1.54, 1.807) is 6.92 Å². The van der Waals surface area contributed by atoms with Crippen molar-refractivity contribution in [3.05, 3.63) is 35.9 Å². The summed E-state index contributed by atoms with van der Waals surface area (Å²) in [5, 5.41) is 11.8. The lowest BCUT2D eigenvalue weighted by Gasteiger charge is -2.28. The van der Waals surface area contributed by atoms with Crippen molar-refractivity contribution in [2.75, 3.05) is 7.11 Å². The van der Waals surface area contributed by atoms with Gasteiger partial charge in [0.05, 0.1) is 7.11 Å². The van der Waals surface area contributed by atoms with Crippen LogP contribution in [0.15, 0.2) is 30.3 Å². The van der Waals surface area contributed by atoms with Gasteiger partial charge in [0.25, 0.3) is 0 Å². The summed E-state index contributed by atoms with van der Waals surface area (Å²) in [4.78, 5) is 23.5. The number of esters is 1. The quantitative estimate of drug-likeness (QED) is 0.767. The van der Waals surface area contributed by atoms with Gasteiger partial charge in [0.2, 0.25) is 5.91 Å². The van der Waals surface area contributed by atoms with Crippen LogP contribution in [0.1, 0.15) is 19.4 Å². The third-order valence-electron chi connectivity index (χ3n) is 2.81. The Bertz CT molecular complexity index is 444. The Morgan fingerprint density at radius 1 is 1.37 bits per heavy atom. The summed E-state index contributed by atoms with van der Waals surface area (Å²) in [7, 11) is 1.26. The van der Waals surface area contributed by atoms with Crippen molar-refractivity contribution in [2.45, 2.75) is 31.9 Å². The van der Waals surface area contributed by atoms with Crippen LogP contribution in [0.5, 0.6) is 0 Å². The van der Waals surface area contributed by atoms with Gasteiger partial charge in [-0.1, -0.05) is 30.3 Å². The van der Waals surface area contributed by atoms with Gasteiger partial charge >= 0.3 is 5.97 Å². The van der Waals surface area contributed by atoms with Crippen molar-refractivity contribution in [3.63, 3.8) is 0 Å². The molecule has 104 valence electrons. The first kappa shape index (κ1) is 15.2. The van der Waals surface area contributed by atoms with E-state index in [-0.39, 0.29) is 0 Å². The number of hydrogen-bond donors (Lipinski definition) is 2. The van der Waals surface area contributed by atoms with Crippen molar-refractivity contribution in [1.82, 2.24) is 5.32 Å². The second-order valence-electron chi connectivity index (χ2n) is 4.65. The number of carbonyl (C=O) groups excluding carboxylic acids is 2. The van der Waals surface area contributed by atoms with Crippen LogP contribution in [0.3, 0.4) is 0 Å². The number of methoxy groups -OCH3 is 1. The Morgan fingerprint density at radius 2 is 1.95 bits per heavy atom.